The molecule has 1 atom stereocenters. The minimum Gasteiger partial charge on any atom is -0.480 e. The van der Waals surface area contributed by atoms with Crippen molar-refractivity contribution < 1.29 is 24.2 Å². The van der Waals surface area contributed by atoms with E-state index in [0.29, 0.717) is 0 Å². The third-order valence-corrected chi connectivity index (χ3v) is 5.94. The second-order valence-corrected chi connectivity index (χ2v) is 8.65. The summed E-state index contributed by atoms with van der Waals surface area (Å²) in [5, 5.41) is 22.0. The summed E-state index contributed by atoms with van der Waals surface area (Å²) in [5.41, 5.74) is 4.59. The van der Waals surface area contributed by atoms with Gasteiger partial charge in [0.2, 0.25) is 0 Å². The summed E-state index contributed by atoms with van der Waals surface area (Å²) < 4.78 is 6.89. The summed E-state index contributed by atoms with van der Waals surface area (Å²) in [6.45, 7) is 4.09. The van der Waals surface area contributed by atoms with Gasteiger partial charge in [0, 0.05) is 12.5 Å². The van der Waals surface area contributed by atoms with Gasteiger partial charge in [0.1, 0.15) is 12.6 Å². The highest BCUT2D eigenvalue weighted by Crippen LogP contribution is 2.44. The first kappa shape index (κ1) is 23.9. The van der Waals surface area contributed by atoms with Crippen LogP contribution in [0.5, 0.6) is 0 Å². The lowest BCUT2D eigenvalue weighted by molar-refractivity contribution is -0.140. The van der Waals surface area contributed by atoms with Gasteiger partial charge in [0.25, 0.3) is 5.91 Å². The van der Waals surface area contributed by atoms with Crippen molar-refractivity contribution in [3.8, 4) is 11.1 Å². The second kappa shape index (κ2) is 10.4. The minimum atomic E-state index is -1.12. The van der Waals surface area contributed by atoms with E-state index in [-0.39, 0.29) is 37.2 Å². The Morgan fingerprint density at radius 3 is 2.29 bits per heavy atom. The molecule has 0 aliphatic heterocycles. The number of benzene rings is 2. The predicted molar refractivity (Wildman–Crippen MR) is 127 cm³/mol. The topological polar surface area (TPSA) is 135 Å². The molecule has 0 unspecified atom stereocenters. The zero-order chi connectivity index (χ0) is 24.9. The number of nitrogens with one attached hydrogen (secondary N) is 2. The summed E-state index contributed by atoms with van der Waals surface area (Å²) in [6.07, 6.45) is 0.847. The Balaban J connectivity index is 1.26. The Morgan fingerprint density at radius 2 is 1.69 bits per heavy atom. The number of hydrogen-bond donors (Lipinski definition) is 3. The second-order valence-electron chi connectivity index (χ2n) is 8.65. The highest BCUT2D eigenvalue weighted by atomic mass is 16.5. The van der Waals surface area contributed by atoms with Crippen LogP contribution < -0.4 is 10.6 Å². The molecule has 0 saturated heterocycles. The van der Waals surface area contributed by atoms with Crippen LogP contribution in [0.4, 0.5) is 4.79 Å². The Hall–Kier alpha value is -4.21. The number of rotatable bonds is 9. The third-order valence-electron chi connectivity index (χ3n) is 5.94. The highest BCUT2D eigenvalue weighted by molar-refractivity contribution is 5.94. The Kier molecular flexibility index (Phi) is 7.09. The number of hydrogen-bond acceptors (Lipinski definition) is 6. The van der Waals surface area contributed by atoms with Gasteiger partial charge in [-0.15, -0.1) is 5.10 Å². The van der Waals surface area contributed by atoms with E-state index in [0.717, 1.165) is 22.3 Å². The predicted octanol–water partition coefficient (Wildman–Crippen LogP) is 2.66. The molecule has 10 heteroatoms. The summed E-state index contributed by atoms with van der Waals surface area (Å²) in [6, 6.07) is 15.2. The van der Waals surface area contributed by atoms with Crippen LogP contribution in [-0.2, 0) is 16.1 Å². The lowest BCUT2D eigenvalue weighted by Crippen LogP contribution is -2.44. The number of ether oxygens (including phenoxy) is 1. The minimum absolute atomic E-state index is 0.00181. The van der Waals surface area contributed by atoms with Crippen molar-refractivity contribution in [2.45, 2.75) is 32.4 Å². The van der Waals surface area contributed by atoms with Gasteiger partial charge in [-0.2, -0.15) is 0 Å². The van der Waals surface area contributed by atoms with Crippen LogP contribution >= 0.6 is 0 Å². The molecule has 10 nitrogen and oxygen atoms in total. The van der Waals surface area contributed by atoms with Crippen LogP contribution in [0.15, 0.2) is 54.7 Å². The average molecular weight is 478 g/mol. The van der Waals surface area contributed by atoms with E-state index in [1.165, 1.54) is 10.9 Å². The first-order valence-corrected chi connectivity index (χ1v) is 11.4. The SMILES string of the molecule is CC(C)[C@H](NC(=O)c1cn(CCNC(=O)OCC2c3ccccc3-c3ccccc32)nn1)C(=O)O. The molecule has 182 valence electrons. The van der Waals surface area contributed by atoms with Crippen molar-refractivity contribution in [1.29, 1.82) is 0 Å². The summed E-state index contributed by atoms with van der Waals surface area (Å²) in [7, 11) is 0. The fraction of sp³-hybridized carbons (Fsp3) is 0.320. The van der Waals surface area contributed by atoms with Gasteiger partial charge in [-0.25, -0.2) is 14.3 Å². The molecule has 0 radical (unpaired) electrons. The molecule has 0 spiro atoms. The maximum absolute atomic E-state index is 12.3. The number of carboxylic acid groups (broad SMARTS) is 1. The lowest BCUT2D eigenvalue weighted by Gasteiger charge is -2.16. The Morgan fingerprint density at radius 1 is 1.06 bits per heavy atom. The molecule has 0 bridgehead atoms. The van der Waals surface area contributed by atoms with E-state index >= 15 is 0 Å². The van der Waals surface area contributed by atoms with Gasteiger partial charge in [0.05, 0.1) is 12.7 Å². The number of amides is 2. The van der Waals surface area contributed by atoms with Crippen molar-refractivity contribution >= 4 is 18.0 Å². The molecule has 2 amide bonds. The molecule has 3 N–H and O–H groups in total. The molecule has 1 aromatic heterocycles. The maximum Gasteiger partial charge on any atom is 0.407 e. The highest BCUT2D eigenvalue weighted by Gasteiger charge is 2.29. The maximum atomic E-state index is 12.3. The molecule has 1 aliphatic carbocycles. The number of alkyl carbamates (subject to hydrolysis) is 1. The van der Waals surface area contributed by atoms with Gasteiger partial charge in [-0.3, -0.25) is 4.79 Å². The summed E-state index contributed by atoms with van der Waals surface area (Å²) in [4.78, 5) is 35.8. The van der Waals surface area contributed by atoms with Crippen LogP contribution in [0.2, 0.25) is 0 Å². The molecule has 1 aliphatic rings. The van der Waals surface area contributed by atoms with Gasteiger partial charge >= 0.3 is 12.1 Å². The Labute approximate surface area is 202 Å². The van der Waals surface area contributed by atoms with Crippen LogP contribution in [0.1, 0.15) is 41.4 Å². The van der Waals surface area contributed by atoms with Gasteiger partial charge in [-0.1, -0.05) is 67.6 Å². The zero-order valence-corrected chi connectivity index (χ0v) is 19.5. The molecular weight excluding hydrogens is 450 g/mol. The fourth-order valence-corrected chi connectivity index (χ4v) is 4.16. The quantitative estimate of drug-likeness (QED) is 0.431. The van der Waals surface area contributed by atoms with Crippen molar-refractivity contribution in [2.75, 3.05) is 13.2 Å². The first-order valence-electron chi connectivity index (χ1n) is 11.4. The molecule has 4 rings (SSSR count). The summed E-state index contributed by atoms with van der Waals surface area (Å²) >= 11 is 0. The molecule has 0 saturated carbocycles. The average Bonchev–Trinajstić information content (AvgIpc) is 3.44. The fourth-order valence-electron chi connectivity index (χ4n) is 4.16. The monoisotopic (exact) mass is 477 g/mol. The number of carboxylic acids is 1. The number of aromatic nitrogens is 3. The molecule has 1 heterocycles. The van der Waals surface area contributed by atoms with E-state index in [2.05, 4.69) is 45.2 Å². The van der Waals surface area contributed by atoms with E-state index in [1.54, 1.807) is 13.8 Å². The smallest absolute Gasteiger partial charge is 0.407 e. The lowest BCUT2D eigenvalue weighted by atomic mass is 9.98. The summed E-state index contributed by atoms with van der Waals surface area (Å²) in [5.74, 6) is -2.05. The number of fused-ring (bicyclic) bond motifs is 3. The van der Waals surface area contributed by atoms with Crippen LogP contribution in [0.3, 0.4) is 0 Å². The zero-order valence-electron chi connectivity index (χ0n) is 19.5. The number of nitrogens with zero attached hydrogens (tertiary/aromatic N) is 3. The van der Waals surface area contributed by atoms with Crippen LogP contribution in [0, 0.1) is 5.92 Å². The molecule has 0 fully saturated rings. The third kappa shape index (κ3) is 5.32. The number of aliphatic carboxylic acids is 1. The van der Waals surface area contributed by atoms with Gasteiger partial charge < -0.3 is 20.5 Å². The van der Waals surface area contributed by atoms with E-state index < -0.39 is 24.0 Å². The largest absolute Gasteiger partial charge is 0.480 e. The number of carbonyl (C=O) groups excluding carboxylic acids is 2. The van der Waals surface area contributed by atoms with Gasteiger partial charge in [0.15, 0.2) is 5.69 Å². The van der Waals surface area contributed by atoms with Crippen molar-refractivity contribution in [3.63, 3.8) is 0 Å². The molecular formula is C25H27N5O5. The Bertz CT molecular complexity index is 1190. The van der Waals surface area contributed by atoms with Gasteiger partial charge in [-0.05, 0) is 28.2 Å². The van der Waals surface area contributed by atoms with Crippen molar-refractivity contribution in [1.82, 2.24) is 25.6 Å². The molecule has 3 aromatic rings. The van der Waals surface area contributed by atoms with E-state index in [9.17, 15) is 19.5 Å². The first-order chi connectivity index (χ1) is 16.8. The molecule has 35 heavy (non-hydrogen) atoms. The standard InChI is InChI=1S/C25H27N5O5/c1-15(2)22(24(32)33)27-23(31)21-13-30(29-28-21)12-11-26-25(34)35-14-20-18-9-5-3-7-16(18)17-8-4-6-10-19(17)20/h3-10,13,15,20,22H,11-12,14H2,1-2H3,(H,26,34)(H,27,31)(H,32,33)/t22-/m0/s1. The molecule has 2 aromatic carbocycles. The van der Waals surface area contributed by atoms with E-state index in [1.807, 2.05) is 24.3 Å². The van der Waals surface area contributed by atoms with Crippen molar-refractivity contribution in [3.05, 3.63) is 71.5 Å². The van der Waals surface area contributed by atoms with Crippen LogP contribution in [-0.4, -0.2) is 57.3 Å². The van der Waals surface area contributed by atoms with Crippen LogP contribution in [0.25, 0.3) is 11.1 Å². The van der Waals surface area contributed by atoms with Crippen molar-refractivity contribution in [2.24, 2.45) is 5.92 Å². The normalized spacial score (nSPS) is 13.1. The number of carbonyl (C=O) groups is 3. The van der Waals surface area contributed by atoms with E-state index in [4.69, 9.17) is 4.74 Å².